The Morgan fingerprint density at radius 2 is 1.67 bits per heavy atom. The second-order valence-corrected chi connectivity index (χ2v) is 7.88. The van der Waals surface area contributed by atoms with Crippen LogP contribution in [0.5, 0.6) is 5.75 Å². The molecule has 1 unspecified atom stereocenters. The molecule has 1 N–H and O–H groups in total. The van der Waals surface area contributed by atoms with Gasteiger partial charge in [0.2, 0.25) is 0 Å². The first kappa shape index (κ1) is 24.5. The number of hydrazone groups is 1. The number of methoxy groups -OCH3 is 3. The van der Waals surface area contributed by atoms with E-state index < -0.39 is 18.0 Å². The summed E-state index contributed by atoms with van der Waals surface area (Å²) in [6.45, 7) is -0.151. The molecule has 0 saturated heterocycles. The predicted octanol–water partition coefficient (Wildman–Crippen LogP) is 3.65. The highest BCUT2D eigenvalue weighted by atomic mass is 16.5. The molecule has 10 nitrogen and oxygen atoms in total. The molecular weight excluding hydrogens is 466 g/mol. The van der Waals surface area contributed by atoms with E-state index in [9.17, 15) is 14.4 Å². The zero-order valence-corrected chi connectivity index (χ0v) is 20.0. The molecular formula is C26H25N3O7. The Morgan fingerprint density at radius 1 is 1.00 bits per heavy atom. The van der Waals surface area contributed by atoms with Crippen LogP contribution in [0, 0.1) is 0 Å². The number of amides is 1. The largest absolute Gasteiger partial charge is 0.497 e. The molecule has 1 atom stereocenters. The van der Waals surface area contributed by atoms with Crippen LogP contribution in [0.1, 0.15) is 44.5 Å². The minimum atomic E-state index is -0.624. The van der Waals surface area contributed by atoms with Crippen molar-refractivity contribution in [3.8, 4) is 5.75 Å². The van der Waals surface area contributed by atoms with E-state index in [0.717, 1.165) is 17.0 Å². The minimum absolute atomic E-state index is 0.143. The monoisotopic (exact) mass is 491 g/mol. The number of carbonyl (C=O) groups is 3. The van der Waals surface area contributed by atoms with Gasteiger partial charge in [0.25, 0.3) is 5.91 Å². The van der Waals surface area contributed by atoms with Crippen molar-refractivity contribution in [2.24, 2.45) is 5.10 Å². The number of benzene rings is 2. The third-order valence-electron chi connectivity index (χ3n) is 5.68. The summed E-state index contributed by atoms with van der Waals surface area (Å²) in [5.41, 5.74) is 2.26. The Hall–Kier alpha value is -4.60. The van der Waals surface area contributed by atoms with Crippen molar-refractivity contribution < 1.29 is 33.0 Å². The summed E-state index contributed by atoms with van der Waals surface area (Å²) in [5, 5.41) is 8.95. The van der Waals surface area contributed by atoms with E-state index in [1.54, 1.807) is 25.5 Å². The number of anilines is 1. The SMILES string of the molecule is COC(=O)c1cc(NCC(=O)N2N=C(c3ccc(OC)cc3)CC2c2ccco2)cc(C(=O)OC)c1. The number of nitrogens with zero attached hydrogens (tertiary/aromatic N) is 2. The molecule has 0 spiro atoms. The highest BCUT2D eigenvalue weighted by Gasteiger charge is 2.34. The smallest absolute Gasteiger partial charge is 0.337 e. The second-order valence-electron chi connectivity index (χ2n) is 7.88. The van der Waals surface area contributed by atoms with Crippen LogP contribution in [0.3, 0.4) is 0 Å². The highest BCUT2D eigenvalue weighted by molar-refractivity contribution is 6.03. The number of rotatable bonds is 8. The second kappa shape index (κ2) is 10.8. The molecule has 0 bridgehead atoms. The molecule has 36 heavy (non-hydrogen) atoms. The third kappa shape index (κ3) is 5.22. The minimum Gasteiger partial charge on any atom is -0.497 e. The van der Waals surface area contributed by atoms with E-state index in [0.29, 0.717) is 17.9 Å². The summed E-state index contributed by atoms with van der Waals surface area (Å²) in [7, 11) is 4.08. The molecule has 1 aliphatic rings. The number of hydrogen-bond acceptors (Lipinski definition) is 9. The lowest BCUT2D eigenvalue weighted by atomic mass is 10.0. The van der Waals surface area contributed by atoms with Crippen LogP contribution < -0.4 is 10.1 Å². The Kier molecular flexibility index (Phi) is 7.33. The Labute approximate surface area is 207 Å². The van der Waals surface area contributed by atoms with Crippen molar-refractivity contribution in [2.75, 3.05) is 33.2 Å². The molecule has 186 valence electrons. The summed E-state index contributed by atoms with van der Waals surface area (Å²) in [4.78, 5) is 37.4. The standard InChI is InChI=1S/C26H25N3O7/c1-33-20-8-6-16(7-9-20)21-14-22(23-5-4-10-36-23)29(28-21)24(30)15-27-19-12-17(25(31)34-2)11-18(13-19)26(32)35-3/h4-13,22,27H,14-15H2,1-3H3. The van der Waals surface area contributed by atoms with Gasteiger partial charge in [-0.3, -0.25) is 4.79 Å². The van der Waals surface area contributed by atoms with Crippen LogP contribution in [0.2, 0.25) is 0 Å². The van der Waals surface area contributed by atoms with Gasteiger partial charge in [-0.05, 0) is 60.2 Å². The molecule has 0 saturated carbocycles. The molecule has 10 heteroatoms. The van der Waals surface area contributed by atoms with Gasteiger partial charge >= 0.3 is 11.9 Å². The lowest BCUT2D eigenvalue weighted by Crippen LogP contribution is -2.32. The molecule has 0 aliphatic carbocycles. The third-order valence-corrected chi connectivity index (χ3v) is 5.68. The maximum absolute atomic E-state index is 13.3. The average molecular weight is 492 g/mol. The molecule has 4 rings (SSSR count). The van der Waals surface area contributed by atoms with E-state index in [2.05, 4.69) is 10.4 Å². The van der Waals surface area contributed by atoms with Crippen molar-refractivity contribution >= 4 is 29.2 Å². The Morgan fingerprint density at radius 3 is 2.22 bits per heavy atom. The highest BCUT2D eigenvalue weighted by Crippen LogP contribution is 2.33. The first-order chi connectivity index (χ1) is 17.4. The quantitative estimate of drug-likeness (QED) is 0.474. The van der Waals surface area contributed by atoms with Crippen molar-refractivity contribution in [1.82, 2.24) is 5.01 Å². The molecule has 2 aromatic carbocycles. The van der Waals surface area contributed by atoms with Gasteiger partial charge in [-0.25, -0.2) is 14.6 Å². The molecule has 1 aromatic heterocycles. The summed E-state index contributed by atoms with van der Waals surface area (Å²) in [6, 6.07) is 14.9. The van der Waals surface area contributed by atoms with Crippen LogP contribution in [0.4, 0.5) is 5.69 Å². The summed E-state index contributed by atoms with van der Waals surface area (Å²) >= 11 is 0. The van der Waals surface area contributed by atoms with Crippen LogP contribution in [-0.2, 0) is 14.3 Å². The van der Waals surface area contributed by atoms with Crippen molar-refractivity contribution in [1.29, 1.82) is 0 Å². The van der Waals surface area contributed by atoms with Gasteiger partial charge in [0.05, 0.1) is 51.0 Å². The molecule has 1 aliphatic heterocycles. The van der Waals surface area contributed by atoms with Gasteiger partial charge in [-0.15, -0.1) is 0 Å². The van der Waals surface area contributed by atoms with Gasteiger partial charge in [0, 0.05) is 12.1 Å². The zero-order chi connectivity index (χ0) is 25.7. The van der Waals surface area contributed by atoms with Gasteiger partial charge in [-0.2, -0.15) is 5.10 Å². The number of esters is 2. The Bertz CT molecular complexity index is 1250. The predicted molar refractivity (Wildman–Crippen MR) is 130 cm³/mol. The maximum atomic E-state index is 13.3. The summed E-state index contributed by atoms with van der Waals surface area (Å²) in [5.74, 6) is -0.251. The Balaban J connectivity index is 1.56. The first-order valence-electron chi connectivity index (χ1n) is 11.1. The van der Waals surface area contributed by atoms with Crippen molar-refractivity contribution in [3.05, 3.63) is 83.3 Å². The van der Waals surface area contributed by atoms with Gasteiger partial charge in [0.1, 0.15) is 17.6 Å². The average Bonchev–Trinajstić information content (AvgIpc) is 3.61. The molecule has 3 aromatic rings. The van der Waals surface area contributed by atoms with Crippen LogP contribution >= 0.6 is 0 Å². The van der Waals surface area contributed by atoms with E-state index in [1.165, 1.54) is 37.4 Å². The van der Waals surface area contributed by atoms with Crippen molar-refractivity contribution in [2.45, 2.75) is 12.5 Å². The van der Waals surface area contributed by atoms with Gasteiger partial charge in [0.15, 0.2) is 0 Å². The van der Waals surface area contributed by atoms with Gasteiger partial charge in [-0.1, -0.05) is 0 Å². The van der Waals surface area contributed by atoms with E-state index >= 15 is 0 Å². The summed E-state index contributed by atoms with van der Waals surface area (Å²) in [6.07, 6.45) is 2.02. The molecule has 2 heterocycles. The number of carbonyl (C=O) groups excluding carboxylic acids is 3. The van der Waals surface area contributed by atoms with E-state index in [4.69, 9.17) is 18.6 Å². The molecule has 1 amide bonds. The fourth-order valence-electron chi connectivity index (χ4n) is 3.86. The topological polar surface area (TPSA) is 120 Å². The van der Waals surface area contributed by atoms with Gasteiger partial charge < -0.3 is 23.9 Å². The van der Waals surface area contributed by atoms with Crippen LogP contribution in [0.15, 0.2) is 70.4 Å². The van der Waals surface area contributed by atoms with Crippen LogP contribution in [-0.4, -0.2) is 56.4 Å². The maximum Gasteiger partial charge on any atom is 0.337 e. The summed E-state index contributed by atoms with van der Waals surface area (Å²) < 4.78 is 20.3. The van der Waals surface area contributed by atoms with Crippen LogP contribution in [0.25, 0.3) is 0 Å². The lowest BCUT2D eigenvalue weighted by Gasteiger charge is -2.20. The fourth-order valence-corrected chi connectivity index (χ4v) is 3.86. The molecule has 0 radical (unpaired) electrons. The number of furan rings is 1. The number of hydrogen-bond donors (Lipinski definition) is 1. The number of nitrogens with one attached hydrogen (secondary N) is 1. The van der Waals surface area contributed by atoms with E-state index in [1.807, 2.05) is 24.3 Å². The normalized spacial score (nSPS) is 14.7. The fraction of sp³-hybridized carbons (Fsp3) is 0.231. The lowest BCUT2D eigenvalue weighted by molar-refractivity contribution is -0.131. The molecule has 0 fully saturated rings. The van der Waals surface area contributed by atoms with E-state index in [-0.39, 0.29) is 23.6 Å². The zero-order valence-electron chi connectivity index (χ0n) is 20.0. The first-order valence-corrected chi connectivity index (χ1v) is 11.1. The number of ether oxygens (including phenoxy) is 3. The van der Waals surface area contributed by atoms with Crippen molar-refractivity contribution in [3.63, 3.8) is 0 Å².